The quantitative estimate of drug-likeness (QED) is 0.715. The van der Waals surface area contributed by atoms with Crippen molar-refractivity contribution in [2.24, 2.45) is 0 Å². The molecule has 0 aliphatic rings. The van der Waals surface area contributed by atoms with Gasteiger partial charge in [-0.15, -0.1) is 0 Å². The third-order valence-corrected chi connectivity index (χ3v) is 14.7. The fraction of sp³-hybridized carbons (Fsp3) is 1.00. The Hall–Kier alpha value is 0.354. The van der Waals surface area contributed by atoms with E-state index in [1.807, 2.05) is 26.9 Å². The normalized spacial score (nSPS) is 23.8. The van der Waals surface area contributed by atoms with Gasteiger partial charge in [0, 0.05) is 0 Å². The Kier molecular flexibility index (Phi) is 4.37. The summed E-state index contributed by atoms with van der Waals surface area (Å²) in [6.45, 7) is 12.1. The first-order valence-corrected chi connectivity index (χ1v) is 10.4. The molecule has 0 saturated carbocycles. The molecule has 3 atom stereocenters. The minimum absolute atomic E-state index is 0.157. The molecule has 0 aromatic heterocycles. The van der Waals surface area contributed by atoms with E-state index in [1.165, 1.54) is 0 Å². The van der Waals surface area contributed by atoms with Crippen molar-refractivity contribution in [1.82, 2.24) is 0 Å². The van der Waals surface area contributed by atoms with Crippen molar-refractivity contribution in [2.45, 2.75) is 57.5 Å². The summed E-state index contributed by atoms with van der Waals surface area (Å²) in [4.78, 5) is 20.5. The molecule has 13 heavy (non-hydrogen) atoms. The van der Waals surface area contributed by atoms with Gasteiger partial charge in [-0.25, -0.2) is 0 Å². The number of hydrogen-bond donors (Lipinski definition) is 2. The van der Waals surface area contributed by atoms with E-state index in [2.05, 4.69) is 13.8 Å². The third-order valence-electron chi connectivity index (χ3n) is 3.69. The highest BCUT2D eigenvalue weighted by Gasteiger charge is 2.46. The minimum atomic E-state index is -2.23. The second kappa shape index (κ2) is 4.25. The van der Waals surface area contributed by atoms with E-state index in [0.29, 0.717) is 5.54 Å². The van der Waals surface area contributed by atoms with Crippen LogP contribution in [0.5, 0.6) is 0 Å². The molecular weight excluding hydrogens is 196 g/mol. The van der Waals surface area contributed by atoms with Gasteiger partial charge in [0.05, 0.1) is 0 Å². The molecule has 0 amide bonds. The highest BCUT2D eigenvalue weighted by molar-refractivity contribution is 6.92. The average molecular weight is 220 g/mol. The molecular formula is C9H24O2Si2. The van der Waals surface area contributed by atoms with Crippen molar-refractivity contribution in [3.8, 4) is 0 Å². The van der Waals surface area contributed by atoms with Gasteiger partial charge < -0.3 is 9.59 Å². The summed E-state index contributed by atoms with van der Waals surface area (Å²) in [5, 5.41) is 0.157. The van der Waals surface area contributed by atoms with Crippen LogP contribution in [0.2, 0.25) is 29.8 Å². The van der Waals surface area contributed by atoms with Gasteiger partial charge in [0.15, 0.2) is 16.6 Å². The van der Waals surface area contributed by atoms with Crippen LogP contribution in [0.3, 0.4) is 0 Å². The summed E-state index contributed by atoms with van der Waals surface area (Å²) in [6, 6.07) is 0.837. The maximum absolute atomic E-state index is 10.3. The van der Waals surface area contributed by atoms with Crippen LogP contribution in [0.25, 0.3) is 0 Å². The van der Waals surface area contributed by atoms with Crippen LogP contribution in [0, 0.1) is 0 Å². The molecule has 80 valence electrons. The van der Waals surface area contributed by atoms with Gasteiger partial charge in [-0.3, -0.25) is 0 Å². The largest absolute Gasteiger partial charge is 0.432 e. The fourth-order valence-corrected chi connectivity index (χ4v) is 9.70. The Morgan fingerprint density at radius 3 is 1.69 bits per heavy atom. The van der Waals surface area contributed by atoms with Gasteiger partial charge in [-0.1, -0.05) is 27.7 Å². The predicted molar refractivity (Wildman–Crippen MR) is 62.7 cm³/mol. The zero-order valence-corrected chi connectivity index (χ0v) is 11.8. The molecule has 2 N–H and O–H groups in total. The van der Waals surface area contributed by atoms with Crippen LogP contribution in [0.4, 0.5) is 0 Å². The van der Waals surface area contributed by atoms with Gasteiger partial charge in [-0.05, 0) is 29.8 Å². The molecule has 0 bridgehead atoms. The van der Waals surface area contributed by atoms with E-state index < -0.39 is 16.6 Å². The topological polar surface area (TPSA) is 40.5 Å². The van der Waals surface area contributed by atoms with Crippen LogP contribution < -0.4 is 0 Å². The first kappa shape index (κ1) is 13.4. The van der Waals surface area contributed by atoms with Gasteiger partial charge in [0.25, 0.3) is 0 Å². The molecule has 0 fully saturated rings. The van der Waals surface area contributed by atoms with Crippen molar-refractivity contribution in [1.29, 1.82) is 0 Å². The molecule has 4 heteroatoms. The summed E-state index contributed by atoms with van der Waals surface area (Å²) in [5.41, 5.74) is 0.327. The van der Waals surface area contributed by atoms with Crippen molar-refractivity contribution in [3.63, 3.8) is 0 Å². The molecule has 3 unspecified atom stereocenters. The second-order valence-electron chi connectivity index (χ2n) is 4.81. The third kappa shape index (κ3) is 2.90. The van der Waals surface area contributed by atoms with Crippen molar-refractivity contribution >= 4 is 16.6 Å². The van der Waals surface area contributed by atoms with Crippen LogP contribution in [0.15, 0.2) is 0 Å². The van der Waals surface area contributed by atoms with Gasteiger partial charge in [0.2, 0.25) is 0 Å². The summed E-state index contributed by atoms with van der Waals surface area (Å²) in [5.74, 6) is 0. The molecule has 0 saturated heterocycles. The molecule has 0 heterocycles. The lowest BCUT2D eigenvalue weighted by molar-refractivity contribution is 0.485. The standard InChI is InChI=1S/C9H24O2Si2/c1-7-12(5,10)9(4)13(6,11)8(2)3/h8-11H,7H2,1-6H3. The van der Waals surface area contributed by atoms with Crippen LogP contribution in [0.1, 0.15) is 27.7 Å². The highest BCUT2D eigenvalue weighted by Crippen LogP contribution is 2.36. The predicted octanol–water partition coefficient (Wildman–Crippen LogP) is 2.48. The lowest BCUT2D eigenvalue weighted by Gasteiger charge is -2.38. The monoisotopic (exact) mass is 220 g/mol. The maximum atomic E-state index is 10.3. The SMILES string of the molecule is CC[Si](C)(O)C(C)[Si](C)(O)C(C)C. The lowest BCUT2D eigenvalue weighted by Crippen LogP contribution is -2.51. The van der Waals surface area contributed by atoms with Crippen LogP contribution in [-0.4, -0.2) is 26.2 Å². The minimum Gasteiger partial charge on any atom is -0.432 e. The summed E-state index contributed by atoms with van der Waals surface area (Å²) in [7, 11) is -4.40. The zero-order chi connectivity index (χ0) is 10.9. The number of rotatable bonds is 4. The summed E-state index contributed by atoms with van der Waals surface area (Å²) in [6.07, 6.45) is 0. The Morgan fingerprint density at radius 2 is 1.46 bits per heavy atom. The molecule has 0 radical (unpaired) electrons. The summed E-state index contributed by atoms with van der Waals surface area (Å²) >= 11 is 0. The fourth-order valence-electron chi connectivity index (χ4n) is 1.44. The smallest absolute Gasteiger partial charge is 0.190 e. The van der Waals surface area contributed by atoms with E-state index in [4.69, 9.17) is 0 Å². The van der Waals surface area contributed by atoms with Crippen molar-refractivity contribution in [2.75, 3.05) is 0 Å². The van der Waals surface area contributed by atoms with E-state index in [-0.39, 0.29) is 5.16 Å². The molecule has 0 aliphatic heterocycles. The Labute approximate surface area is 84.3 Å². The molecule has 0 aromatic rings. The lowest BCUT2D eigenvalue weighted by atomic mass is 10.6. The van der Waals surface area contributed by atoms with E-state index >= 15 is 0 Å². The van der Waals surface area contributed by atoms with Gasteiger partial charge >= 0.3 is 0 Å². The highest BCUT2D eigenvalue weighted by atomic mass is 28.4. The van der Waals surface area contributed by atoms with E-state index in [1.54, 1.807) is 0 Å². The van der Waals surface area contributed by atoms with Crippen LogP contribution in [-0.2, 0) is 0 Å². The van der Waals surface area contributed by atoms with E-state index in [9.17, 15) is 9.59 Å². The zero-order valence-electron chi connectivity index (χ0n) is 9.76. The first-order valence-electron chi connectivity index (χ1n) is 5.11. The molecule has 2 nitrogen and oxygen atoms in total. The molecule has 0 rings (SSSR count). The van der Waals surface area contributed by atoms with Crippen LogP contribution >= 0.6 is 0 Å². The first-order chi connectivity index (χ1) is 5.66. The Morgan fingerprint density at radius 1 is 1.08 bits per heavy atom. The van der Waals surface area contributed by atoms with Gasteiger partial charge in [-0.2, -0.15) is 0 Å². The second-order valence-corrected chi connectivity index (χ2v) is 14.2. The molecule has 0 spiro atoms. The maximum Gasteiger partial charge on any atom is 0.190 e. The molecule has 0 aliphatic carbocycles. The van der Waals surface area contributed by atoms with Gasteiger partial charge in [0.1, 0.15) is 0 Å². The van der Waals surface area contributed by atoms with E-state index in [0.717, 1.165) is 6.04 Å². The number of hydrogen-bond acceptors (Lipinski definition) is 2. The van der Waals surface area contributed by atoms with Crippen molar-refractivity contribution in [3.05, 3.63) is 0 Å². The Balaban J connectivity index is 4.67. The van der Waals surface area contributed by atoms with Crippen molar-refractivity contribution < 1.29 is 9.59 Å². The summed E-state index contributed by atoms with van der Waals surface area (Å²) < 4.78 is 0. The Bertz CT molecular complexity index is 167. The molecule has 0 aromatic carbocycles. The average Bonchev–Trinajstić information content (AvgIpc) is 2.02.